The van der Waals surface area contributed by atoms with Crippen molar-refractivity contribution in [3.8, 4) is 0 Å². The van der Waals surface area contributed by atoms with Crippen LogP contribution in [0.5, 0.6) is 0 Å². The van der Waals surface area contributed by atoms with E-state index in [1.807, 2.05) is 0 Å². The number of ether oxygens (including phenoxy) is 1. The summed E-state index contributed by atoms with van der Waals surface area (Å²) in [5.41, 5.74) is 2.78. The van der Waals surface area contributed by atoms with Crippen LogP contribution in [-0.2, 0) is 24.1 Å². The number of nitrogens with one attached hydrogen (secondary N) is 1. The third kappa shape index (κ3) is 3.49. The molecule has 0 saturated heterocycles. The van der Waals surface area contributed by atoms with Crippen molar-refractivity contribution in [1.29, 1.82) is 0 Å². The summed E-state index contributed by atoms with van der Waals surface area (Å²) in [4.78, 5) is 47.8. The molecule has 0 unspecified atom stereocenters. The van der Waals surface area contributed by atoms with Gasteiger partial charge in [0, 0.05) is 10.6 Å². The van der Waals surface area contributed by atoms with Crippen molar-refractivity contribution in [3.63, 3.8) is 0 Å². The fourth-order valence-corrected chi connectivity index (χ4v) is 5.46. The molecule has 0 fully saturated rings. The average molecular weight is 428 g/mol. The lowest BCUT2D eigenvalue weighted by atomic mass is 10.1. The number of esters is 1. The van der Waals surface area contributed by atoms with Crippen molar-refractivity contribution in [1.82, 2.24) is 14.5 Å². The number of rotatable bonds is 5. The number of aryl methyl sites for hydroxylation is 3. The Balaban J connectivity index is 1.68. The number of carbonyl (C=O) groups excluding carboxylic acids is 2. The Labute approximate surface area is 178 Å². The van der Waals surface area contributed by atoms with Crippen molar-refractivity contribution < 1.29 is 14.3 Å². The number of aromatic nitrogens is 3. The number of ketones is 1. The summed E-state index contributed by atoms with van der Waals surface area (Å²) in [7, 11) is 0. The predicted molar refractivity (Wildman–Crippen MR) is 116 cm³/mol. The summed E-state index contributed by atoms with van der Waals surface area (Å²) in [5, 5.41) is 0.666. The van der Waals surface area contributed by atoms with Gasteiger partial charge in [-0.1, -0.05) is 6.42 Å². The van der Waals surface area contributed by atoms with Gasteiger partial charge < -0.3 is 9.72 Å². The average Bonchev–Trinajstić information content (AvgIpc) is 3.11. The first-order valence-electron chi connectivity index (χ1n) is 10.3. The van der Waals surface area contributed by atoms with E-state index in [0.29, 0.717) is 27.9 Å². The van der Waals surface area contributed by atoms with Crippen LogP contribution in [0.25, 0.3) is 10.2 Å². The monoisotopic (exact) mass is 427 g/mol. The minimum Gasteiger partial charge on any atom is -0.462 e. The van der Waals surface area contributed by atoms with E-state index in [4.69, 9.17) is 4.74 Å². The molecule has 0 atom stereocenters. The molecule has 0 aromatic carbocycles. The van der Waals surface area contributed by atoms with Gasteiger partial charge in [-0.25, -0.2) is 9.78 Å². The van der Waals surface area contributed by atoms with Gasteiger partial charge in [0.25, 0.3) is 5.56 Å². The predicted octanol–water partition coefficient (Wildman–Crippen LogP) is 3.73. The van der Waals surface area contributed by atoms with E-state index >= 15 is 0 Å². The van der Waals surface area contributed by atoms with E-state index in [0.717, 1.165) is 36.1 Å². The van der Waals surface area contributed by atoms with Crippen molar-refractivity contribution in [2.24, 2.45) is 0 Å². The molecule has 0 saturated carbocycles. The number of Topliss-reactive ketones (excluding diaryl/α,β-unsaturated/α-hetero) is 1. The Morgan fingerprint density at radius 3 is 2.77 bits per heavy atom. The largest absolute Gasteiger partial charge is 0.462 e. The molecule has 7 nitrogen and oxygen atoms in total. The second kappa shape index (κ2) is 8.18. The molecule has 8 heteroatoms. The van der Waals surface area contributed by atoms with Gasteiger partial charge in [-0.05, 0) is 57.6 Å². The first-order valence-corrected chi connectivity index (χ1v) is 11.1. The minimum absolute atomic E-state index is 0.130. The number of fused-ring (bicyclic) bond motifs is 3. The molecule has 0 spiro atoms. The molecule has 158 valence electrons. The van der Waals surface area contributed by atoms with Crippen LogP contribution >= 0.6 is 11.3 Å². The molecule has 0 bridgehead atoms. The molecule has 3 aromatic heterocycles. The van der Waals surface area contributed by atoms with Gasteiger partial charge in [-0.3, -0.25) is 14.2 Å². The summed E-state index contributed by atoms with van der Waals surface area (Å²) in [5.74, 6) is -0.722. The zero-order valence-corrected chi connectivity index (χ0v) is 18.3. The Hall–Kier alpha value is -2.74. The van der Waals surface area contributed by atoms with Gasteiger partial charge in [0.05, 0.1) is 36.1 Å². The van der Waals surface area contributed by atoms with E-state index in [2.05, 4.69) is 9.97 Å². The summed E-state index contributed by atoms with van der Waals surface area (Å²) < 4.78 is 6.47. The van der Waals surface area contributed by atoms with Crippen LogP contribution in [0.15, 0.2) is 11.1 Å². The highest BCUT2D eigenvalue weighted by molar-refractivity contribution is 7.18. The van der Waals surface area contributed by atoms with Gasteiger partial charge >= 0.3 is 5.97 Å². The molecule has 1 aliphatic carbocycles. The SMILES string of the molecule is CCOC(=O)c1c(C)[nH]c(C(=O)Cn2cnc3sc4c(c3c2=O)CCCCC4)c1C. The second-order valence-electron chi connectivity index (χ2n) is 7.69. The summed E-state index contributed by atoms with van der Waals surface area (Å²) in [6.45, 7) is 5.32. The van der Waals surface area contributed by atoms with Gasteiger partial charge in [-0.2, -0.15) is 0 Å². The Kier molecular flexibility index (Phi) is 5.60. The van der Waals surface area contributed by atoms with Crippen LogP contribution in [0.2, 0.25) is 0 Å². The quantitative estimate of drug-likeness (QED) is 0.380. The second-order valence-corrected chi connectivity index (χ2v) is 8.77. The Morgan fingerprint density at radius 2 is 2.00 bits per heavy atom. The summed E-state index contributed by atoms with van der Waals surface area (Å²) >= 11 is 1.60. The third-order valence-electron chi connectivity index (χ3n) is 5.70. The molecular formula is C22H25N3O4S. The molecule has 30 heavy (non-hydrogen) atoms. The Bertz CT molecular complexity index is 1200. The zero-order valence-electron chi connectivity index (χ0n) is 17.5. The smallest absolute Gasteiger partial charge is 0.340 e. The van der Waals surface area contributed by atoms with E-state index in [9.17, 15) is 14.4 Å². The number of thiophene rings is 1. The first kappa shape index (κ1) is 20.5. The third-order valence-corrected chi connectivity index (χ3v) is 6.90. The van der Waals surface area contributed by atoms with Gasteiger partial charge in [0.15, 0.2) is 5.78 Å². The lowest BCUT2D eigenvalue weighted by Crippen LogP contribution is -2.25. The minimum atomic E-state index is -0.455. The number of carbonyl (C=O) groups is 2. The standard InChI is InChI=1S/C22H25N3O4S/c1-4-29-22(28)17-12(2)19(24-13(17)3)15(26)10-25-11-23-20-18(21(25)27)14-8-6-5-7-9-16(14)30-20/h11,24H,4-10H2,1-3H3. The molecule has 1 N–H and O–H groups in total. The summed E-state index contributed by atoms with van der Waals surface area (Å²) in [6, 6.07) is 0. The first-order chi connectivity index (χ1) is 14.4. The van der Waals surface area contributed by atoms with Crippen LogP contribution in [0, 0.1) is 13.8 Å². The number of H-pyrrole nitrogens is 1. The van der Waals surface area contributed by atoms with Crippen LogP contribution in [0.3, 0.4) is 0 Å². The van der Waals surface area contributed by atoms with Crippen molar-refractivity contribution in [2.45, 2.75) is 59.4 Å². The molecule has 3 aromatic rings. The van der Waals surface area contributed by atoms with Crippen molar-refractivity contribution in [3.05, 3.63) is 49.6 Å². The fourth-order valence-electron chi connectivity index (χ4n) is 4.24. The van der Waals surface area contributed by atoms with E-state index in [-0.39, 0.29) is 24.5 Å². The van der Waals surface area contributed by atoms with Crippen molar-refractivity contribution >= 4 is 33.3 Å². The molecule has 0 amide bonds. The van der Waals surface area contributed by atoms with Crippen LogP contribution < -0.4 is 5.56 Å². The molecular weight excluding hydrogens is 402 g/mol. The van der Waals surface area contributed by atoms with Gasteiger partial charge in [0.2, 0.25) is 0 Å². The molecule has 1 aliphatic rings. The lowest BCUT2D eigenvalue weighted by Gasteiger charge is -2.06. The number of hydrogen-bond acceptors (Lipinski definition) is 6. The van der Waals surface area contributed by atoms with E-state index in [1.165, 1.54) is 22.2 Å². The highest BCUT2D eigenvalue weighted by Crippen LogP contribution is 2.32. The number of hydrogen-bond donors (Lipinski definition) is 1. The van der Waals surface area contributed by atoms with E-state index < -0.39 is 5.97 Å². The molecule has 3 heterocycles. The lowest BCUT2D eigenvalue weighted by molar-refractivity contribution is 0.0525. The van der Waals surface area contributed by atoms with Crippen molar-refractivity contribution in [2.75, 3.05) is 6.61 Å². The molecule has 0 aliphatic heterocycles. The normalized spacial score (nSPS) is 13.8. The Morgan fingerprint density at radius 1 is 1.23 bits per heavy atom. The maximum atomic E-state index is 13.2. The van der Waals surface area contributed by atoms with Crippen LogP contribution in [0.4, 0.5) is 0 Å². The maximum absolute atomic E-state index is 13.2. The number of nitrogens with zero attached hydrogens (tertiary/aromatic N) is 2. The van der Waals surface area contributed by atoms with E-state index in [1.54, 1.807) is 32.1 Å². The zero-order chi connectivity index (χ0) is 21.4. The van der Waals surface area contributed by atoms with Crippen LogP contribution in [0.1, 0.15) is 68.7 Å². The summed E-state index contributed by atoms with van der Waals surface area (Å²) in [6.07, 6.45) is 6.72. The number of aromatic amines is 1. The topological polar surface area (TPSA) is 94.1 Å². The molecule has 4 rings (SSSR count). The fraction of sp³-hybridized carbons (Fsp3) is 0.455. The van der Waals surface area contributed by atoms with Gasteiger partial charge in [-0.15, -0.1) is 11.3 Å². The van der Waals surface area contributed by atoms with Crippen LogP contribution in [-0.4, -0.2) is 32.9 Å². The highest BCUT2D eigenvalue weighted by Gasteiger charge is 2.24. The highest BCUT2D eigenvalue weighted by atomic mass is 32.1. The molecule has 0 radical (unpaired) electrons. The maximum Gasteiger partial charge on any atom is 0.340 e. The van der Waals surface area contributed by atoms with Gasteiger partial charge in [0.1, 0.15) is 4.83 Å².